The van der Waals surface area contributed by atoms with Crippen LogP contribution >= 0.6 is 0 Å². The summed E-state index contributed by atoms with van der Waals surface area (Å²) >= 11 is 0. The molecule has 6 heteroatoms. The van der Waals surface area contributed by atoms with E-state index in [1.54, 1.807) is 11.1 Å². The van der Waals surface area contributed by atoms with E-state index in [2.05, 4.69) is 9.97 Å². The Bertz CT molecular complexity index is 685. The highest BCUT2D eigenvalue weighted by Crippen LogP contribution is 2.36. The van der Waals surface area contributed by atoms with E-state index in [4.69, 9.17) is 0 Å². The highest BCUT2D eigenvalue weighted by Gasteiger charge is 2.32. The van der Waals surface area contributed by atoms with Gasteiger partial charge in [-0.1, -0.05) is 18.2 Å². The van der Waals surface area contributed by atoms with E-state index in [1.807, 2.05) is 43.3 Å². The van der Waals surface area contributed by atoms with Crippen LogP contribution in [-0.2, 0) is 0 Å². The second-order valence-electron chi connectivity index (χ2n) is 5.51. The highest BCUT2D eigenvalue weighted by atomic mass is 16.3. The third-order valence-electron chi connectivity index (χ3n) is 3.85. The molecule has 1 aliphatic rings. The lowest BCUT2D eigenvalue weighted by molar-refractivity contribution is 0.0981. The van der Waals surface area contributed by atoms with Crippen molar-refractivity contribution in [3.63, 3.8) is 0 Å². The summed E-state index contributed by atoms with van der Waals surface area (Å²) in [6, 6.07) is 7.65. The number of hydrogen-bond acceptors (Lipinski definition) is 5. The Morgan fingerprint density at radius 3 is 2.73 bits per heavy atom. The molecule has 1 atom stereocenters. The lowest BCUT2D eigenvalue weighted by atomic mass is 10.0. The summed E-state index contributed by atoms with van der Waals surface area (Å²) < 4.78 is 0. The lowest BCUT2D eigenvalue weighted by Gasteiger charge is -2.17. The predicted octanol–water partition coefficient (Wildman–Crippen LogP) is 1.28. The van der Waals surface area contributed by atoms with E-state index >= 15 is 0 Å². The average molecular weight is 298 g/mol. The van der Waals surface area contributed by atoms with Crippen molar-refractivity contribution < 1.29 is 9.90 Å². The van der Waals surface area contributed by atoms with Crippen molar-refractivity contribution in [2.24, 2.45) is 0 Å². The number of hydrogen-bond donors (Lipinski definition) is 1. The van der Waals surface area contributed by atoms with Gasteiger partial charge in [-0.15, -0.1) is 0 Å². The number of anilines is 2. The number of nitrogens with zero attached hydrogens (tertiary/aromatic N) is 4. The number of benzene rings is 1. The fraction of sp³-hybridized carbons (Fsp3) is 0.312. The largest absolute Gasteiger partial charge is 0.396 e. The molecule has 2 heterocycles. The van der Waals surface area contributed by atoms with Gasteiger partial charge >= 0.3 is 0 Å². The van der Waals surface area contributed by atoms with Gasteiger partial charge < -0.3 is 14.9 Å². The van der Waals surface area contributed by atoms with Crippen LogP contribution in [0, 0.1) is 0 Å². The van der Waals surface area contributed by atoms with Crippen molar-refractivity contribution in [1.82, 2.24) is 9.97 Å². The van der Waals surface area contributed by atoms with Gasteiger partial charge in [0.25, 0.3) is 5.91 Å². The zero-order valence-electron chi connectivity index (χ0n) is 12.6. The molecule has 1 N–H and O–H groups in total. The van der Waals surface area contributed by atoms with Crippen LogP contribution in [0.5, 0.6) is 0 Å². The number of rotatable bonds is 3. The quantitative estimate of drug-likeness (QED) is 0.924. The monoisotopic (exact) mass is 298 g/mol. The first-order valence-corrected chi connectivity index (χ1v) is 7.13. The Balaban J connectivity index is 1.90. The molecule has 0 fully saturated rings. The molecule has 0 radical (unpaired) electrons. The van der Waals surface area contributed by atoms with Crippen LogP contribution in [0.4, 0.5) is 11.5 Å². The minimum atomic E-state index is -0.193. The van der Waals surface area contributed by atoms with Gasteiger partial charge in [0, 0.05) is 32.2 Å². The normalized spacial score (nSPS) is 16.5. The van der Waals surface area contributed by atoms with Crippen molar-refractivity contribution in [2.45, 2.75) is 5.92 Å². The fourth-order valence-corrected chi connectivity index (χ4v) is 2.64. The Hall–Kier alpha value is -2.47. The van der Waals surface area contributed by atoms with Crippen LogP contribution in [0.2, 0.25) is 0 Å². The molecule has 22 heavy (non-hydrogen) atoms. The molecule has 0 aliphatic carbocycles. The minimum Gasteiger partial charge on any atom is -0.396 e. The Labute approximate surface area is 129 Å². The maximum Gasteiger partial charge on any atom is 0.278 e. The predicted molar refractivity (Wildman–Crippen MR) is 84.3 cm³/mol. The van der Waals surface area contributed by atoms with Crippen LogP contribution in [0.15, 0.2) is 36.7 Å². The molecule has 0 spiro atoms. The van der Waals surface area contributed by atoms with Gasteiger partial charge in [-0.05, 0) is 11.6 Å². The van der Waals surface area contributed by atoms with Crippen molar-refractivity contribution in [3.05, 3.63) is 47.9 Å². The number of aliphatic hydroxyl groups is 1. The molecule has 0 saturated carbocycles. The molecule has 1 amide bonds. The summed E-state index contributed by atoms with van der Waals surface area (Å²) in [6.07, 6.45) is 3.07. The molecule has 1 unspecified atom stereocenters. The van der Waals surface area contributed by atoms with Crippen LogP contribution in [0.1, 0.15) is 22.0 Å². The van der Waals surface area contributed by atoms with Crippen LogP contribution in [-0.4, -0.2) is 48.2 Å². The summed E-state index contributed by atoms with van der Waals surface area (Å²) in [4.78, 5) is 24.6. The van der Waals surface area contributed by atoms with Crippen molar-refractivity contribution >= 4 is 17.4 Å². The number of fused-ring (bicyclic) bond motifs is 1. The Morgan fingerprint density at radius 1 is 1.32 bits per heavy atom. The lowest BCUT2D eigenvalue weighted by Crippen LogP contribution is -2.31. The van der Waals surface area contributed by atoms with E-state index in [0.29, 0.717) is 18.1 Å². The molecule has 0 bridgehead atoms. The van der Waals surface area contributed by atoms with E-state index in [9.17, 15) is 9.90 Å². The highest BCUT2D eigenvalue weighted by molar-refractivity contribution is 6.06. The minimum absolute atomic E-state index is 0.0199. The zero-order chi connectivity index (χ0) is 15.7. The van der Waals surface area contributed by atoms with E-state index in [-0.39, 0.29) is 18.4 Å². The van der Waals surface area contributed by atoms with Crippen LogP contribution in [0.3, 0.4) is 0 Å². The number of carbonyl (C=O) groups is 1. The van der Waals surface area contributed by atoms with Crippen LogP contribution in [0.25, 0.3) is 0 Å². The average Bonchev–Trinajstić information content (AvgIpc) is 2.93. The Morgan fingerprint density at radius 2 is 2.09 bits per heavy atom. The van der Waals surface area contributed by atoms with Gasteiger partial charge in [0.15, 0.2) is 0 Å². The van der Waals surface area contributed by atoms with Crippen molar-refractivity contribution in [2.75, 3.05) is 37.0 Å². The maximum atomic E-state index is 12.7. The number of aromatic nitrogens is 2. The smallest absolute Gasteiger partial charge is 0.278 e. The molecular formula is C16H18N4O2. The molecule has 1 aromatic carbocycles. The molecule has 2 aromatic rings. The van der Waals surface area contributed by atoms with E-state index < -0.39 is 0 Å². The first-order chi connectivity index (χ1) is 10.6. The van der Waals surface area contributed by atoms with E-state index in [0.717, 1.165) is 11.3 Å². The SMILES string of the molecule is CN(C)c1cnc(C(=O)N2CC(CO)c3ccccc32)cn1. The van der Waals surface area contributed by atoms with Gasteiger partial charge in [0.05, 0.1) is 19.0 Å². The Kier molecular flexibility index (Phi) is 3.77. The molecule has 1 aromatic heterocycles. The standard InChI is InChI=1S/C16H18N4O2/c1-19(2)15-8-17-13(7-18-15)16(22)20-9-11(10-21)12-5-3-4-6-14(12)20/h3-8,11,21H,9-10H2,1-2H3. The van der Waals surface area contributed by atoms with Gasteiger partial charge in [0.2, 0.25) is 0 Å². The first-order valence-electron chi connectivity index (χ1n) is 7.13. The number of amides is 1. The summed E-state index contributed by atoms with van der Waals surface area (Å²) in [5.74, 6) is 0.460. The van der Waals surface area contributed by atoms with Gasteiger partial charge in [-0.25, -0.2) is 9.97 Å². The summed E-state index contributed by atoms with van der Waals surface area (Å²) in [5, 5.41) is 9.51. The van der Waals surface area contributed by atoms with Crippen molar-refractivity contribution in [1.29, 1.82) is 0 Å². The van der Waals surface area contributed by atoms with Crippen molar-refractivity contribution in [3.8, 4) is 0 Å². The summed E-state index contributed by atoms with van der Waals surface area (Å²) in [7, 11) is 3.74. The van der Waals surface area contributed by atoms with Gasteiger partial charge in [0.1, 0.15) is 11.5 Å². The number of carbonyl (C=O) groups excluding carboxylic acids is 1. The number of aliphatic hydroxyl groups excluding tert-OH is 1. The summed E-state index contributed by atoms with van der Waals surface area (Å²) in [5.41, 5.74) is 2.14. The zero-order valence-corrected chi connectivity index (χ0v) is 12.6. The summed E-state index contributed by atoms with van der Waals surface area (Å²) in [6.45, 7) is 0.484. The molecule has 0 saturated heterocycles. The second kappa shape index (κ2) is 5.73. The molecule has 6 nitrogen and oxygen atoms in total. The van der Waals surface area contributed by atoms with Gasteiger partial charge in [-0.3, -0.25) is 4.79 Å². The van der Waals surface area contributed by atoms with Gasteiger partial charge in [-0.2, -0.15) is 0 Å². The number of para-hydroxylation sites is 1. The molecule has 3 rings (SSSR count). The topological polar surface area (TPSA) is 69.6 Å². The third kappa shape index (κ3) is 2.42. The molecular weight excluding hydrogens is 280 g/mol. The first kappa shape index (κ1) is 14.5. The molecule has 114 valence electrons. The molecule has 1 aliphatic heterocycles. The fourth-order valence-electron chi connectivity index (χ4n) is 2.64. The third-order valence-corrected chi connectivity index (χ3v) is 3.85. The second-order valence-corrected chi connectivity index (χ2v) is 5.51. The maximum absolute atomic E-state index is 12.7. The van der Waals surface area contributed by atoms with Crippen LogP contribution < -0.4 is 9.80 Å². The van der Waals surface area contributed by atoms with E-state index in [1.165, 1.54) is 6.20 Å².